The minimum absolute atomic E-state index is 0.0105. The highest BCUT2D eigenvalue weighted by Crippen LogP contribution is 2.22. The highest BCUT2D eigenvalue weighted by molar-refractivity contribution is 6.42. The highest BCUT2D eigenvalue weighted by Gasteiger charge is 2.10. The van der Waals surface area contributed by atoms with Crippen LogP contribution in [0, 0.1) is 0 Å². The van der Waals surface area contributed by atoms with Gasteiger partial charge in [0.25, 0.3) is 5.56 Å². The lowest BCUT2D eigenvalue weighted by Gasteiger charge is -2.07. The van der Waals surface area contributed by atoms with Gasteiger partial charge in [-0.1, -0.05) is 29.3 Å². The Balaban J connectivity index is 1.73. The molecule has 2 N–H and O–H groups in total. The Bertz CT molecular complexity index is 986. The minimum Gasteiger partial charge on any atom is -0.372 e. The maximum Gasteiger partial charge on any atom is 0.278 e. The normalized spacial score (nSPS) is 11.0. The number of nitrogens with zero attached hydrogens (tertiary/aromatic N) is 3. The fourth-order valence-corrected chi connectivity index (χ4v) is 2.70. The zero-order chi connectivity index (χ0) is 18.5. The molecule has 136 valence electrons. The first-order valence-corrected chi connectivity index (χ1v) is 8.49. The maximum absolute atomic E-state index is 12.3. The molecule has 0 fully saturated rings. The second kappa shape index (κ2) is 8.31. The summed E-state index contributed by atoms with van der Waals surface area (Å²) in [6, 6.07) is 5.27. The summed E-state index contributed by atoms with van der Waals surface area (Å²) in [7, 11) is 0. The third-order valence-electron chi connectivity index (χ3n) is 3.58. The lowest BCUT2D eigenvalue weighted by molar-refractivity contribution is -0.111. The molecule has 0 bridgehead atoms. The lowest BCUT2D eigenvalue weighted by atomic mass is 10.2. The molecule has 2 heterocycles. The molecule has 0 saturated heterocycles. The number of hydrogen-bond donors (Lipinski definition) is 2. The number of nitrogens with one attached hydrogen (secondary N) is 2. The summed E-state index contributed by atoms with van der Waals surface area (Å²) in [5.41, 5.74) is 1.38. The average Bonchev–Trinajstić information content (AvgIpc) is 3.03. The second-order valence-corrected chi connectivity index (χ2v) is 6.17. The number of H-pyrrole nitrogens is 1. The molecule has 3 rings (SSSR count). The predicted molar refractivity (Wildman–Crippen MR) is 98.8 cm³/mol. The summed E-state index contributed by atoms with van der Waals surface area (Å²) in [6.45, 7) is 1.04. The predicted octanol–water partition coefficient (Wildman–Crippen LogP) is 2.25. The van der Waals surface area contributed by atoms with Crippen LogP contribution in [-0.4, -0.2) is 39.2 Å². The first kappa shape index (κ1) is 18.4. The number of ether oxygens (including phenoxy) is 1. The van der Waals surface area contributed by atoms with Gasteiger partial charge in [0.05, 0.1) is 29.4 Å². The topological polar surface area (TPSA) is 102 Å². The number of aldehydes is 1. The van der Waals surface area contributed by atoms with E-state index in [2.05, 4.69) is 20.4 Å². The van der Waals surface area contributed by atoms with Gasteiger partial charge in [-0.05, 0) is 17.7 Å². The van der Waals surface area contributed by atoms with Gasteiger partial charge in [0.1, 0.15) is 18.4 Å². The molecule has 0 saturated carbocycles. The van der Waals surface area contributed by atoms with Gasteiger partial charge in [-0.2, -0.15) is 5.10 Å². The Hall–Kier alpha value is -2.42. The van der Waals surface area contributed by atoms with E-state index >= 15 is 0 Å². The van der Waals surface area contributed by atoms with Gasteiger partial charge in [0, 0.05) is 6.54 Å². The zero-order valence-corrected chi connectivity index (χ0v) is 15.0. The monoisotopic (exact) mass is 395 g/mol. The van der Waals surface area contributed by atoms with Crippen LogP contribution in [0.4, 0.5) is 5.95 Å². The van der Waals surface area contributed by atoms with Crippen LogP contribution in [-0.2, 0) is 22.6 Å². The van der Waals surface area contributed by atoms with Gasteiger partial charge < -0.3 is 14.8 Å². The number of halogens is 2. The van der Waals surface area contributed by atoms with Gasteiger partial charge in [-0.15, -0.1) is 0 Å². The molecule has 1 aromatic carbocycles. The second-order valence-electron chi connectivity index (χ2n) is 5.36. The van der Waals surface area contributed by atoms with Gasteiger partial charge in [0.2, 0.25) is 5.95 Å². The van der Waals surface area contributed by atoms with Crippen molar-refractivity contribution in [3.8, 4) is 0 Å². The third-order valence-corrected chi connectivity index (χ3v) is 4.32. The van der Waals surface area contributed by atoms with Crippen molar-refractivity contribution in [2.75, 3.05) is 18.5 Å². The van der Waals surface area contributed by atoms with Crippen molar-refractivity contribution in [2.24, 2.45) is 0 Å². The van der Waals surface area contributed by atoms with Gasteiger partial charge in [-0.25, -0.2) is 4.98 Å². The zero-order valence-electron chi connectivity index (χ0n) is 13.5. The maximum atomic E-state index is 12.3. The highest BCUT2D eigenvalue weighted by atomic mass is 35.5. The van der Waals surface area contributed by atoms with Crippen LogP contribution in [0.25, 0.3) is 11.0 Å². The van der Waals surface area contributed by atoms with Crippen molar-refractivity contribution in [2.45, 2.75) is 13.1 Å². The molecule has 0 amide bonds. The van der Waals surface area contributed by atoms with E-state index in [1.807, 2.05) is 6.07 Å². The van der Waals surface area contributed by atoms with Gasteiger partial charge in [-0.3, -0.25) is 14.5 Å². The summed E-state index contributed by atoms with van der Waals surface area (Å²) >= 11 is 11.9. The number of benzene rings is 1. The van der Waals surface area contributed by atoms with E-state index in [4.69, 9.17) is 27.9 Å². The minimum atomic E-state index is -0.320. The van der Waals surface area contributed by atoms with Crippen molar-refractivity contribution in [1.29, 1.82) is 0 Å². The molecule has 0 aliphatic rings. The number of fused-ring (bicyclic) bond motifs is 1. The first-order chi connectivity index (χ1) is 12.6. The van der Waals surface area contributed by atoms with Crippen LogP contribution in [0.5, 0.6) is 0 Å². The molecule has 8 nitrogen and oxygen atoms in total. The van der Waals surface area contributed by atoms with E-state index in [0.717, 1.165) is 5.56 Å². The molecule has 0 radical (unpaired) electrons. The summed E-state index contributed by atoms with van der Waals surface area (Å²) in [4.78, 5) is 29.6. The molecular weight excluding hydrogens is 381 g/mol. The third kappa shape index (κ3) is 4.21. The van der Waals surface area contributed by atoms with E-state index in [-0.39, 0.29) is 18.8 Å². The van der Waals surface area contributed by atoms with Crippen molar-refractivity contribution in [1.82, 2.24) is 19.7 Å². The van der Waals surface area contributed by atoms with E-state index < -0.39 is 0 Å². The van der Waals surface area contributed by atoms with Crippen molar-refractivity contribution < 1.29 is 9.53 Å². The largest absolute Gasteiger partial charge is 0.372 e. The molecule has 3 aromatic rings. The number of anilines is 1. The number of carbonyl (C=O) groups excluding carboxylic acids is 1. The molecule has 2 aromatic heterocycles. The van der Waals surface area contributed by atoms with E-state index in [9.17, 15) is 9.59 Å². The molecule has 0 unspecified atom stereocenters. The fraction of sp³-hybridized carbons (Fsp3) is 0.250. The Labute approximate surface area is 158 Å². The summed E-state index contributed by atoms with van der Waals surface area (Å²) in [5.74, 6) is 0.324. The number of rotatable bonds is 8. The number of aromatic nitrogens is 4. The Morgan fingerprint density at radius 2 is 2.15 bits per heavy atom. The fourth-order valence-electron chi connectivity index (χ4n) is 2.38. The Kier molecular flexibility index (Phi) is 5.87. The van der Waals surface area contributed by atoms with Crippen LogP contribution >= 0.6 is 23.2 Å². The van der Waals surface area contributed by atoms with Gasteiger partial charge >= 0.3 is 0 Å². The van der Waals surface area contributed by atoms with Crippen molar-refractivity contribution >= 4 is 46.5 Å². The molecule has 0 spiro atoms. The standard InChI is InChI=1S/C16H15Cl2N5O3/c17-11-2-1-10(7-12(11)18)8-19-16-21-13-9-20-23(3-5-26-6-4-24)14(13)15(25)22-16/h1-2,4,7,9H,3,5-6,8H2,(H2,19,21,22,25). The van der Waals surface area contributed by atoms with Crippen LogP contribution < -0.4 is 10.9 Å². The smallest absolute Gasteiger partial charge is 0.278 e. The Morgan fingerprint density at radius 1 is 1.31 bits per heavy atom. The lowest BCUT2D eigenvalue weighted by Crippen LogP contribution is -2.17. The van der Waals surface area contributed by atoms with Crippen LogP contribution in [0.3, 0.4) is 0 Å². The van der Waals surface area contributed by atoms with Crippen molar-refractivity contribution in [3.63, 3.8) is 0 Å². The molecule has 0 atom stereocenters. The quantitative estimate of drug-likeness (QED) is 0.447. The average molecular weight is 396 g/mol. The summed E-state index contributed by atoms with van der Waals surface area (Å²) < 4.78 is 6.57. The molecule has 10 heteroatoms. The SMILES string of the molecule is O=CCOCCn1ncc2nc(NCc3ccc(Cl)c(Cl)c3)[nH]c(=O)c21. The van der Waals surface area contributed by atoms with E-state index in [1.54, 1.807) is 12.1 Å². The number of carbonyl (C=O) groups is 1. The molecular formula is C16H15Cl2N5O3. The van der Waals surface area contributed by atoms with E-state index in [1.165, 1.54) is 10.9 Å². The van der Waals surface area contributed by atoms with Crippen molar-refractivity contribution in [3.05, 3.63) is 50.4 Å². The summed E-state index contributed by atoms with van der Waals surface area (Å²) in [6.07, 6.45) is 2.18. The summed E-state index contributed by atoms with van der Waals surface area (Å²) in [5, 5.41) is 8.12. The number of aromatic amines is 1. The van der Waals surface area contributed by atoms with Gasteiger partial charge in [0.15, 0.2) is 5.52 Å². The van der Waals surface area contributed by atoms with Crippen LogP contribution in [0.2, 0.25) is 10.0 Å². The Morgan fingerprint density at radius 3 is 2.92 bits per heavy atom. The van der Waals surface area contributed by atoms with E-state index in [0.29, 0.717) is 46.4 Å². The number of hydrogen-bond acceptors (Lipinski definition) is 6. The molecule has 0 aliphatic heterocycles. The van der Waals surface area contributed by atoms with Crippen LogP contribution in [0.1, 0.15) is 5.56 Å². The molecule has 0 aliphatic carbocycles. The molecule has 26 heavy (non-hydrogen) atoms. The first-order valence-electron chi connectivity index (χ1n) is 7.73. The van der Waals surface area contributed by atoms with Crippen LogP contribution in [0.15, 0.2) is 29.2 Å².